The number of anilines is 1. The van der Waals surface area contributed by atoms with Crippen LogP contribution in [0.25, 0.3) is 11.1 Å². The lowest BCUT2D eigenvalue weighted by molar-refractivity contribution is 0.547. The Balaban J connectivity index is 2.20. The Labute approximate surface area is 109 Å². The molecule has 1 aromatic carbocycles. The fourth-order valence-electron chi connectivity index (χ4n) is 1.61. The van der Waals surface area contributed by atoms with Gasteiger partial charge in [0.1, 0.15) is 11.3 Å². The van der Waals surface area contributed by atoms with Crippen LogP contribution >= 0.6 is 0 Å². The van der Waals surface area contributed by atoms with Crippen LogP contribution in [-0.2, 0) is 16.6 Å². The number of nitrogen functional groups attached to an aromatic ring is 1. The summed E-state index contributed by atoms with van der Waals surface area (Å²) in [5.41, 5.74) is 7.74. The maximum atomic E-state index is 12.1. The van der Waals surface area contributed by atoms with Crippen molar-refractivity contribution in [3.63, 3.8) is 0 Å². The molecule has 0 aliphatic rings. The summed E-state index contributed by atoms with van der Waals surface area (Å²) < 4.78 is 17.6. The van der Waals surface area contributed by atoms with E-state index in [2.05, 4.69) is 18.8 Å². The highest BCUT2D eigenvalue weighted by atomic mass is 32.2. The number of rotatable bonds is 4. The molecule has 0 bridgehead atoms. The first-order valence-corrected chi connectivity index (χ1v) is 7.37. The molecule has 4 nitrogen and oxygen atoms in total. The van der Waals surface area contributed by atoms with Gasteiger partial charge in [-0.15, -0.1) is 0 Å². The summed E-state index contributed by atoms with van der Waals surface area (Å²) in [4.78, 5) is 4.32. The first-order chi connectivity index (χ1) is 8.47. The van der Waals surface area contributed by atoms with Crippen LogP contribution in [0.1, 0.15) is 26.7 Å². The molecule has 5 heteroatoms. The van der Waals surface area contributed by atoms with Crippen LogP contribution in [0, 0.1) is 5.92 Å². The minimum Gasteiger partial charge on any atom is -0.440 e. The lowest BCUT2D eigenvalue weighted by Crippen LogP contribution is -2.19. The van der Waals surface area contributed by atoms with Gasteiger partial charge in [0.25, 0.3) is 0 Å². The molecule has 2 unspecified atom stereocenters. The van der Waals surface area contributed by atoms with E-state index in [1.54, 1.807) is 18.2 Å². The standard InChI is InChI=1S/C13H18N2O2S/c1-8(2)9(3)18(16)7-13-15-11-6-10(14)4-5-12(11)17-13/h4-6,8-9H,7,14H2,1-3H3. The molecule has 0 saturated carbocycles. The van der Waals surface area contributed by atoms with Crippen LogP contribution in [0.5, 0.6) is 0 Å². The number of nitrogens with two attached hydrogens (primary N) is 1. The number of nitrogens with zero attached hydrogens (tertiary/aromatic N) is 1. The van der Waals surface area contributed by atoms with E-state index in [9.17, 15) is 4.21 Å². The van der Waals surface area contributed by atoms with Crippen molar-refractivity contribution in [1.29, 1.82) is 0 Å². The highest BCUT2D eigenvalue weighted by Crippen LogP contribution is 2.20. The first kappa shape index (κ1) is 13.1. The molecule has 0 radical (unpaired) electrons. The molecule has 2 aromatic rings. The fourth-order valence-corrected chi connectivity index (χ4v) is 2.85. The molecule has 2 rings (SSSR count). The van der Waals surface area contributed by atoms with Crippen LogP contribution in [-0.4, -0.2) is 14.4 Å². The average Bonchev–Trinajstić information content (AvgIpc) is 2.68. The SMILES string of the molecule is CC(C)C(C)S(=O)Cc1nc2cc(N)ccc2o1. The molecular weight excluding hydrogens is 248 g/mol. The number of hydrogen-bond acceptors (Lipinski definition) is 4. The van der Waals surface area contributed by atoms with E-state index < -0.39 is 10.8 Å². The minimum atomic E-state index is -0.965. The molecular formula is C13H18N2O2S. The fraction of sp³-hybridized carbons (Fsp3) is 0.462. The lowest BCUT2D eigenvalue weighted by Gasteiger charge is -2.13. The third-order valence-electron chi connectivity index (χ3n) is 3.08. The summed E-state index contributed by atoms with van der Waals surface area (Å²) in [7, 11) is -0.965. The molecule has 0 amide bonds. The molecule has 98 valence electrons. The largest absolute Gasteiger partial charge is 0.440 e. The second kappa shape index (κ2) is 5.10. The van der Waals surface area contributed by atoms with Gasteiger partial charge >= 0.3 is 0 Å². The van der Waals surface area contributed by atoms with E-state index in [-0.39, 0.29) is 5.25 Å². The summed E-state index contributed by atoms with van der Waals surface area (Å²) in [5.74, 6) is 1.25. The van der Waals surface area contributed by atoms with Gasteiger partial charge in [0.15, 0.2) is 5.58 Å². The van der Waals surface area contributed by atoms with E-state index in [4.69, 9.17) is 10.2 Å². The van der Waals surface area contributed by atoms with Gasteiger partial charge < -0.3 is 10.2 Å². The zero-order valence-electron chi connectivity index (χ0n) is 10.8. The van der Waals surface area contributed by atoms with Crippen molar-refractivity contribution in [3.8, 4) is 0 Å². The molecule has 2 N–H and O–H groups in total. The monoisotopic (exact) mass is 266 g/mol. The van der Waals surface area contributed by atoms with Crippen molar-refractivity contribution in [2.75, 3.05) is 5.73 Å². The molecule has 18 heavy (non-hydrogen) atoms. The average molecular weight is 266 g/mol. The van der Waals surface area contributed by atoms with E-state index >= 15 is 0 Å². The number of aromatic nitrogens is 1. The number of benzene rings is 1. The molecule has 0 saturated heterocycles. The van der Waals surface area contributed by atoms with Crippen LogP contribution in [0.4, 0.5) is 5.69 Å². The predicted octanol–water partition coefficient (Wildman–Crippen LogP) is 2.70. The Morgan fingerprint density at radius 1 is 1.39 bits per heavy atom. The van der Waals surface area contributed by atoms with Gasteiger partial charge in [-0.1, -0.05) is 20.8 Å². The normalized spacial score (nSPS) is 15.1. The van der Waals surface area contributed by atoms with Crippen molar-refractivity contribution in [2.45, 2.75) is 31.8 Å². The summed E-state index contributed by atoms with van der Waals surface area (Å²) >= 11 is 0. The maximum absolute atomic E-state index is 12.1. The van der Waals surface area contributed by atoms with E-state index in [0.29, 0.717) is 28.8 Å². The van der Waals surface area contributed by atoms with E-state index in [1.807, 2.05) is 6.92 Å². The lowest BCUT2D eigenvalue weighted by atomic mass is 10.2. The Kier molecular flexibility index (Phi) is 3.71. The predicted molar refractivity (Wildman–Crippen MR) is 74.6 cm³/mol. The van der Waals surface area contributed by atoms with Gasteiger partial charge in [-0.3, -0.25) is 4.21 Å². The van der Waals surface area contributed by atoms with Gasteiger partial charge in [-0.2, -0.15) is 0 Å². The summed E-state index contributed by atoms with van der Waals surface area (Å²) in [6.07, 6.45) is 0. The second-order valence-corrected chi connectivity index (χ2v) is 6.60. The summed E-state index contributed by atoms with van der Waals surface area (Å²) in [6, 6.07) is 5.32. The first-order valence-electron chi connectivity index (χ1n) is 5.99. The Hall–Kier alpha value is -1.36. The van der Waals surface area contributed by atoms with Crippen LogP contribution in [0.3, 0.4) is 0 Å². The van der Waals surface area contributed by atoms with Gasteiger partial charge in [-0.25, -0.2) is 4.98 Å². The van der Waals surface area contributed by atoms with Crippen molar-refractivity contribution in [3.05, 3.63) is 24.1 Å². The number of oxazole rings is 1. The van der Waals surface area contributed by atoms with Crippen LogP contribution in [0.2, 0.25) is 0 Å². The summed E-state index contributed by atoms with van der Waals surface area (Å²) in [6.45, 7) is 6.12. The van der Waals surface area contributed by atoms with Crippen LogP contribution < -0.4 is 5.73 Å². The highest BCUT2D eigenvalue weighted by molar-refractivity contribution is 7.84. The zero-order valence-corrected chi connectivity index (χ0v) is 11.7. The molecule has 0 fully saturated rings. The second-order valence-electron chi connectivity index (χ2n) is 4.81. The van der Waals surface area contributed by atoms with Gasteiger partial charge in [0.2, 0.25) is 5.89 Å². The van der Waals surface area contributed by atoms with E-state index in [0.717, 1.165) is 5.52 Å². The summed E-state index contributed by atoms with van der Waals surface area (Å²) in [5, 5.41) is 0.130. The topological polar surface area (TPSA) is 69.1 Å². The minimum absolute atomic E-state index is 0.130. The maximum Gasteiger partial charge on any atom is 0.208 e. The van der Waals surface area contributed by atoms with Crippen molar-refractivity contribution >= 4 is 27.6 Å². The third kappa shape index (κ3) is 2.72. The Morgan fingerprint density at radius 3 is 2.78 bits per heavy atom. The molecule has 2 atom stereocenters. The molecule has 1 heterocycles. The van der Waals surface area contributed by atoms with Crippen molar-refractivity contribution in [2.24, 2.45) is 5.92 Å². The van der Waals surface area contributed by atoms with Gasteiger partial charge in [0, 0.05) is 21.7 Å². The quantitative estimate of drug-likeness (QED) is 0.864. The Bertz CT molecular complexity index is 577. The number of hydrogen-bond donors (Lipinski definition) is 1. The highest BCUT2D eigenvalue weighted by Gasteiger charge is 2.18. The van der Waals surface area contributed by atoms with Crippen molar-refractivity contribution < 1.29 is 8.63 Å². The smallest absolute Gasteiger partial charge is 0.208 e. The molecule has 0 aliphatic carbocycles. The van der Waals surface area contributed by atoms with E-state index in [1.165, 1.54) is 0 Å². The zero-order chi connectivity index (χ0) is 13.3. The van der Waals surface area contributed by atoms with Crippen LogP contribution in [0.15, 0.2) is 22.6 Å². The number of fused-ring (bicyclic) bond motifs is 1. The molecule has 0 aliphatic heterocycles. The molecule has 0 spiro atoms. The van der Waals surface area contributed by atoms with Gasteiger partial charge in [-0.05, 0) is 24.1 Å². The molecule has 1 aromatic heterocycles. The Morgan fingerprint density at radius 2 is 2.11 bits per heavy atom. The van der Waals surface area contributed by atoms with Gasteiger partial charge in [0.05, 0.1) is 0 Å². The third-order valence-corrected chi connectivity index (χ3v) is 4.98. The van der Waals surface area contributed by atoms with Crippen molar-refractivity contribution in [1.82, 2.24) is 4.98 Å².